The summed E-state index contributed by atoms with van der Waals surface area (Å²) in [4.78, 5) is 0. The van der Waals surface area contributed by atoms with Gasteiger partial charge in [0.1, 0.15) is 0 Å². The predicted molar refractivity (Wildman–Crippen MR) is 64.3 cm³/mol. The molecule has 0 aliphatic heterocycles. The molecule has 4 heteroatoms. The number of halogens is 1. The standard InChI is InChI=1S/C11H20ClN3/c1-10(4-3-6-12)13-7-5-11-8-14-15(2)9-11/h8-10,13H,3-7H2,1-2H3. The molecule has 0 aromatic carbocycles. The van der Waals surface area contributed by atoms with Gasteiger partial charge in [-0.15, -0.1) is 11.6 Å². The molecule has 1 aromatic rings. The SMILES string of the molecule is CC(CCCCl)NCCc1cnn(C)c1. The normalized spacial score (nSPS) is 13.0. The highest BCUT2D eigenvalue weighted by atomic mass is 35.5. The zero-order valence-corrected chi connectivity index (χ0v) is 10.3. The first kappa shape index (κ1) is 12.5. The summed E-state index contributed by atoms with van der Waals surface area (Å²) >= 11 is 5.64. The van der Waals surface area contributed by atoms with Crippen LogP contribution >= 0.6 is 11.6 Å². The minimum absolute atomic E-state index is 0.556. The highest BCUT2D eigenvalue weighted by Gasteiger charge is 2.01. The first-order valence-corrected chi connectivity index (χ1v) is 6.02. The fraction of sp³-hybridized carbons (Fsp3) is 0.727. The van der Waals surface area contributed by atoms with Crippen molar-refractivity contribution in [1.82, 2.24) is 15.1 Å². The largest absolute Gasteiger partial charge is 0.314 e. The molecule has 1 rings (SSSR count). The van der Waals surface area contributed by atoms with Crippen molar-refractivity contribution in [3.05, 3.63) is 18.0 Å². The van der Waals surface area contributed by atoms with E-state index < -0.39 is 0 Å². The van der Waals surface area contributed by atoms with Crippen LogP contribution in [-0.4, -0.2) is 28.2 Å². The average Bonchev–Trinajstić information content (AvgIpc) is 2.61. The third-order valence-corrected chi connectivity index (χ3v) is 2.70. The smallest absolute Gasteiger partial charge is 0.0522 e. The first-order chi connectivity index (χ1) is 7.22. The lowest BCUT2D eigenvalue weighted by molar-refractivity contribution is 0.513. The lowest BCUT2D eigenvalue weighted by atomic mass is 10.2. The van der Waals surface area contributed by atoms with Crippen molar-refractivity contribution < 1.29 is 0 Å². The number of alkyl halides is 1. The molecule has 0 radical (unpaired) electrons. The average molecular weight is 230 g/mol. The number of nitrogens with one attached hydrogen (secondary N) is 1. The quantitative estimate of drug-likeness (QED) is 0.725. The van der Waals surface area contributed by atoms with Crippen molar-refractivity contribution in [3.8, 4) is 0 Å². The van der Waals surface area contributed by atoms with Gasteiger partial charge in [-0.2, -0.15) is 5.10 Å². The Labute approximate surface area is 96.8 Å². The molecule has 1 aromatic heterocycles. The predicted octanol–water partition coefficient (Wildman–Crippen LogP) is 1.96. The highest BCUT2D eigenvalue weighted by molar-refractivity contribution is 6.17. The molecule has 1 atom stereocenters. The Morgan fingerprint density at radius 3 is 3.00 bits per heavy atom. The number of hydrogen-bond donors (Lipinski definition) is 1. The van der Waals surface area contributed by atoms with Gasteiger partial charge in [0.15, 0.2) is 0 Å². The van der Waals surface area contributed by atoms with E-state index in [0.29, 0.717) is 6.04 Å². The monoisotopic (exact) mass is 229 g/mol. The van der Waals surface area contributed by atoms with Crippen LogP contribution in [0.4, 0.5) is 0 Å². The van der Waals surface area contributed by atoms with E-state index in [4.69, 9.17) is 11.6 Å². The molecule has 0 fully saturated rings. The van der Waals surface area contributed by atoms with Crippen LogP contribution in [-0.2, 0) is 13.5 Å². The molecule has 86 valence electrons. The zero-order chi connectivity index (χ0) is 11.1. The summed E-state index contributed by atoms with van der Waals surface area (Å²) in [6.45, 7) is 3.21. The maximum atomic E-state index is 5.64. The third kappa shape index (κ3) is 5.19. The van der Waals surface area contributed by atoms with Gasteiger partial charge in [-0.25, -0.2) is 0 Å². The van der Waals surface area contributed by atoms with Crippen molar-refractivity contribution in [2.45, 2.75) is 32.2 Å². The zero-order valence-electron chi connectivity index (χ0n) is 9.54. The van der Waals surface area contributed by atoms with Gasteiger partial charge in [-0.05, 0) is 38.3 Å². The van der Waals surface area contributed by atoms with Gasteiger partial charge < -0.3 is 5.32 Å². The molecule has 15 heavy (non-hydrogen) atoms. The molecule has 0 saturated carbocycles. The van der Waals surface area contributed by atoms with Gasteiger partial charge >= 0.3 is 0 Å². The van der Waals surface area contributed by atoms with Crippen LogP contribution in [0.1, 0.15) is 25.3 Å². The maximum Gasteiger partial charge on any atom is 0.0522 e. The Morgan fingerprint density at radius 2 is 2.40 bits per heavy atom. The highest BCUT2D eigenvalue weighted by Crippen LogP contribution is 2.00. The fourth-order valence-electron chi connectivity index (χ4n) is 1.55. The molecule has 0 amide bonds. The summed E-state index contributed by atoms with van der Waals surface area (Å²) in [5, 5.41) is 7.61. The van der Waals surface area contributed by atoms with Gasteiger partial charge in [0.2, 0.25) is 0 Å². The lowest BCUT2D eigenvalue weighted by Gasteiger charge is -2.12. The summed E-state index contributed by atoms with van der Waals surface area (Å²) in [5.41, 5.74) is 1.29. The molecule has 3 nitrogen and oxygen atoms in total. The van der Waals surface area contributed by atoms with E-state index >= 15 is 0 Å². The van der Waals surface area contributed by atoms with Crippen molar-refractivity contribution in [2.75, 3.05) is 12.4 Å². The van der Waals surface area contributed by atoms with Crippen molar-refractivity contribution >= 4 is 11.6 Å². The van der Waals surface area contributed by atoms with E-state index in [2.05, 4.69) is 23.5 Å². The molecule has 0 saturated heterocycles. The third-order valence-electron chi connectivity index (χ3n) is 2.44. The number of hydrogen-bond acceptors (Lipinski definition) is 2. The van der Waals surface area contributed by atoms with Crippen molar-refractivity contribution in [2.24, 2.45) is 7.05 Å². The Kier molecular flexibility index (Phi) is 5.73. The van der Waals surface area contributed by atoms with Crippen LogP contribution in [0.2, 0.25) is 0 Å². The number of aryl methyl sites for hydroxylation is 1. The molecule has 0 aliphatic carbocycles. The number of nitrogens with zero attached hydrogens (tertiary/aromatic N) is 2. The van der Waals surface area contributed by atoms with Gasteiger partial charge in [0, 0.05) is 25.2 Å². The molecule has 1 N–H and O–H groups in total. The summed E-state index contributed by atoms with van der Waals surface area (Å²) in [6.07, 6.45) is 7.26. The van der Waals surface area contributed by atoms with Crippen molar-refractivity contribution in [3.63, 3.8) is 0 Å². The second-order valence-corrected chi connectivity index (χ2v) is 4.34. The Morgan fingerprint density at radius 1 is 1.60 bits per heavy atom. The molecular weight excluding hydrogens is 210 g/mol. The summed E-state index contributed by atoms with van der Waals surface area (Å²) in [7, 11) is 1.94. The minimum Gasteiger partial charge on any atom is -0.314 e. The maximum absolute atomic E-state index is 5.64. The van der Waals surface area contributed by atoms with Gasteiger partial charge in [-0.1, -0.05) is 0 Å². The van der Waals surface area contributed by atoms with Crippen LogP contribution in [0.3, 0.4) is 0 Å². The van der Waals surface area contributed by atoms with Crippen LogP contribution < -0.4 is 5.32 Å². The van der Waals surface area contributed by atoms with E-state index in [-0.39, 0.29) is 0 Å². The molecule has 1 unspecified atom stereocenters. The topological polar surface area (TPSA) is 29.9 Å². The first-order valence-electron chi connectivity index (χ1n) is 5.49. The Hall–Kier alpha value is -0.540. The fourth-order valence-corrected chi connectivity index (χ4v) is 1.70. The number of rotatable bonds is 7. The van der Waals surface area contributed by atoms with Crippen molar-refractivity contribution in [1.29, 1.82) is 0 Å². The molecule has 0 spiro atoms. The van der Waals surface area contributed by atoms with Crippen LogP contribution in [0.25, 0.3) is 0 Å². The Bertz CT molecular complexity index is 273. The molecular formula is C11H20ClN3. The van der Waals surface area contributed by atoms with Crippen LogP contribution in [0.5, 0.6) is 0 Å². The van der Waals surface area contributed by atoms with E-state index in [9.17, 15) is 0 Å². The Balaban J connectivity index is 2.10. The number of aromatic nitrogens is 2. The lowest BCUT2D eigenvalue weighted by Crippen LogP contribution is -2.28. The van der Waals surface area contributed by atoms with Gasteiger partial charge in [0.25, 0.3) is 0 Å². The summed E-state index contributed by atoms with van der Waals surface area (Å²) in [5.74, 6) is 0.759. The molecule has 0 bridgehead atoms. The minimum atomic E-state index is 0.556. The second-order valence-electron chi connectivity index (χ2n) is 3.96. The molecule has 0 aliphatic rings. The van der Waals surface area contributed by atoms with Gasteiger partial charge in [0.05, 0.1) is 6.20 Å². The van der Waals surface area contributed by atoms with E-state index in [1.54, 1.807) is 0 Å². The van der Waals surface area contributed by atoms with E-state index in [1.165, 1.54) is 5.56 Å². The summed E-state index contributed by atoms with van der Waals surface area (Å²) < 4.78 is 1.84. The van der Waals surface area contributed by atoms with Crippen LogP contribution in [0.15, 0.2) is 12.4 Å². The second kappa shape index (κ2) is 6.85. The summed E-state index contributed by atoms with van der Waals surface area (Å²) in [6, 6.07) is 0.556. The van der Waals surface area contributed by atoms with E-state index in [1.807, 2.05) is 17.9 Å². The van der Waals surface area contributed by atoms with E-state index in [0.717, 1.165) is 31.7 Å². The molecule has 1 heterocycles. The van der Waals surface area contributed by atoms with Crippen LogP contribution in [0, 0.1) is 0 Å². The van der Waals surface area contributed by atoms with Gasteiger partial charge in [-0.3, -0.25) is 4.68 Å².